The lowest BCUT2D eigenvalue weighted by Gasteiger charge is -2.23. The van der Waals surface area contributed by atoms with Gasteiger partial charge in [-0.2, -0.15) is 0 Å². The Hall–Kier alpha value is -1.31. The summed E-state index contributed by atoms with van der Waals surface area (Å²) in [7, 11) is 0. The van der Waals surface area contributed by atoms with E-state index >= 15 is 0 Å². The predicted octanol–water partition coefficient (Wildman–Crippen LogP) is 3.53. The van der Waals surface area contributed by atoms with Crippen LogP contribution in [0.15, 0.2) is 24.3 Å². The zero-order valence-corrected chi connectivity index (χ0v) is 10.4. The van der Waals surface area contributed by atoms with Crippen LogP contribution in [0.4, 0.5) is 0 Å². The van der Waals surface area contributed by atoms with Crippen LogP contribution >= 0.6 is 0 Å². The third-order valence-electron chi connectivity index (χ3n) is 3.23. The maximum Gasteiger partial charge on any atom is 0.134 e. The molecule has 0 amide bonds. The van der Waals surface area contributed by atoms with Crippen molar-refractivity contribution in [1.29, 1.82) is 0 Å². The predicted molar refractivity (Wildman–Crippen MR) is 68.3 cm³/mol. The molecule has 2 heteroatoms. The molecule has 1 aromatic carbocycles. The van der Waals surface area contributed by atoms with Gasteiger partial charge in [-0.3, -0.25) is 4.79 Å². The average molecular weight is 232 g/mol. The second kappa shape index (κ2) is 5.85. The highest BCUT2D eigenvalue weighted by Gasteiger charge is 2.14. The summed E-state index contributed by atoms with van der Waals surface area (Å²) >= 11 is 0. The minimum Gasteiger partial charge on any atom is -0.490 e. The van der Waals surface area contributed by atoms with Crippen molar-refractivity contribution in [1.82, 2.24) is 0 Å². The maximum absolute atomic E-state index is 11.0. The summed E-state index contributed by atoms with van der Waals surface area (Å²) in [5.41, 5.74) is 1.06. The molecule has 17 heavy (non-hydrogen) atoms. The van der Waals surface area contributed by atoms with Gasteiger partial charge in [0.25, 0.3) is 0 Å². The second-order valence-electron chi connectivity index (χ2n) is 4.90. The largest absolute Gasteiger partial charge is 0.490 e. The number of benzene rings is 1. The Morgan fingerprint density at radius 2 is 1.82 bits per heavy atom. The van der Waals surface area contributed by atoms with E-state index in [4.69, 9.17) is 4.74 Å². The van der Waals surface area contributed by atoms with Gasteiger partial charge in [-0.25, -0.2) is 0 Å². The summed E-state index contributed by atoms with van der Waals surface area (Å²) in [6.07, 6.45) is 7.17. The van der Waals surface area contributed by atoms with Crippen molar-refractivity contribution in [3.05, 3.63) is 29.8 Å². The standard InChI is InChI=1S/C15H20O2/c1-12(16)11-13-7-9-15(10-8-13)17-14-5-3-2-4-6-14/h7-10,14H,2-6,11H2,1H3. The van der Waals surface area contributed by atoms with E-state index in [2.05, 4.69) is 0 Å². The van der Waals surface area contributed by atoms with Crippen LogP contribution in [0.25, 0.3) is 0 Å². The Kier molecular flexibility index (Phi) is 4.18. The third-order valence-corrected chi connectivity index (χ3v) is 3.23. The molecular formula is C15H20O2. The molecule has 0 unspecified atom stereocenters. The van der Waals surface area contributed by atoms with Crippen LogP contribution in [0, 0.1) is 0 Å². The number of carbonyl (C=O) groups is 1. The van der Waals surface area contributed by atoms with Crippen LogP contribution in [0.3, 0.4) is 0 Å². The molecule has 2 nitrogen and oxygen atoms in total. The van der Waals surface area contributed by atoms with Crippen LogP contribution in [0.2, 0.25) is 0 Å². The molecule has 0 aliphatic heterocycles. The molecule has 0 bridgehead atoms. The molecule has 92 valence electrons. The number of carbonyl (C=O) groups excluding carboxylic acids is 1. The summed E-state index contributed by atoms with van der Waals surface area (Å²) in [4.78, 5) is 11.0. The smallest absolute Gasteiger partial charge is 0.134 e. The van der Waals surface area contributed by atoms with Gasteiger partial charge >= 0.3 is 0 Å². The number of hydrogen-bond donors (Lipinski definition) is 0. The number of rotatable bonds is 4. The summed E-state index contributed by atoms with van der Waals surface area (Å²) < 4.78 is 5.93. The molecule has 1 aliphatic carbocycles. The summed E-state index contributed by atoms with van der Waals surface area (Å²) in [5, 5.41) is 0. The molecule has 0 atom stereocenters. The van der Waals surface area contributed by atoms with Gasteiger partial charge in [0.05, 0.1) is 6.10 Å². The van der Waals surface area contributed by atoms with Crippen LogP contribution in [-0.4, -0.2) is 11.9 Å². The van der Waals surface area contributed by atoms with E-state index < -0.39 is 0 Å². The fourth-order valence-corrected chi connectivity index (χ4v) is 2.35. The lowest BCUT2D eigenvalue weighted by atomic mass is 9.98. The Bertz CT molecular complexity index is 361. The highest BCUT2D eigenvalue weighted by atomic mass is 16.5. The Morgan fingerprint density at radius 1 is 1.18 bits per heavy atom. The Labute approximate surface area is 103 Å². The highest BCUT2D eigenvalue weighted by Crippen LogP contribution is 2.23. The fraction of sp³-hybridized carbons (Fsp3) is 0.533. The van der Waals surface area contributed by atoms with Crippen molar-refractivity contribution in [2.45, 2.75) is 51.6 Å². The van der Waals surface area contributed by atoms with E-state index in [-0.39, 0.29) is 5.78 Å². The van der Waals surface area contributed by atoms with Crippen molar-refractivity contribution in [3.8, 4) is 5.75 Å². The Morgan fingerprint density at radius 3 is 2.41 bits per heavy atom. The van der Waals surface area contributed by atoms with Gasteiger partial charge < -0.3 is 4.74 Å². The molecule has 1 fully saturated rings. The molecule has 1 saturated carbocycles. The monoisotopic (exact) mass is 232 g/mol. The summed E-state index contributed by atoms with van der Waals surface area (Å²) in [6.45, 7) is 1.62. The molecule has 0 N–H and O–H groups in total. The van der Waals surface area contributed by atoms with E-state index in [0.717, 1.165) is 11.3 Å². The molecule has 1 aromatic rings. The molecule has 0 spiro atoms. The van der Waals surface area contributed by atoms with Crippen LogP contribution in [0.5, 0.6) is 5.75 Å². The lowest BCUT2D eigenvalue weighted by molar-refractivity contribution is -0.116. The van der Waals surface area contributed by atoms with Gasteiger partial charge in [0, 0.05) is 6.42 Å². The zero-order valence-electron chi connectivity index (χ0n) is 10.4. The quantitative estimate of drug-likeness (QED) is 0.793. The first-order valence-corrected chi connectivity index (χ1v) is 6.49. The topological polar surface area (TPSA) is 26.3 Å². The molecule has 0 heterocycles. The van der Waals surface area contributed by atoms with Gasteiger partial charge in [0.2, 0.25) is 0 Å². The maximum atomic E-state index is 11.0. The third kappa shape index (κ3) is 3.88. The molecule has 0 saturated heterocycles. The average Bonchev–Trinajstić information content (AvgIpc) is 2.32. The molecule has 1 aliphatic rings. The second-order valence-corrected chi connectivity index (χ2v) is 4.90. The number of ether oxygens (including phenoxy) is 1. The fourth-order valence-electron chi connectivity index (χ4n) is 2.35. The van der Waals surface area contributed by atoms with Gasteiger partial charge in [-0.05, 0) is 50.3 Å². The normalized spacial score (nSPS) is 16.8. The summed E-state index contributed by atoms with van der Waals surface area (Å²) in [6, 6.07) is 7.93. The van der Waals surface area contributed by atoms with Crippen molar-refractivity contribution in [2.24, 2.45) is 0 Å². The molecule has 0 radical (unpaired) electrons. The Balaban J connectivity index is 1.90. The number of ketones is 1. The highest BCUT2D eigenvalue weighted by molar-refractivity contribution is 5.78. The van der Waals surface area contributed by atoms with Crippen molar-refractivity contribution in [2.75, 3.05) is 0 Å². The number of hydrogen-bond acceptors (Lipinski definition) is 2. The van der Waals surface area contributed by atoms with E-state index in [1.165, 1.54) is 32.1 Å². The van der Waals surface area contributed by atoms with Crippen molar-refractivity contribution >= 4 is 5.78 Å². The first-order chi connectivity index (χ1) is 8.24. The van der Waals surface area contributed by atoms with E-state index in [9.17, 15) is 4.79 Å². The summed E-state index contributed by atoms with van der Waals surface area (Å²) in [5.74, 6) is 1.13. The number of Topliss-reactive ketones (excluding diaryl/α,β-unsaturated/α-hetero) is 1. The first-order valence-electron chi connectivity index (χ1n) is 6.49. The van der Waals surface area contributed by atoms with Crippen molar-refractivity contribution in [3.63, 3.8) is 0 Å². The van der Waals surface area contributed by atoms with Gasteiger partial charge in [-0.15, -0.1) is 0 Å². The van der Waals surface area contributed by atoms with Crippen LogP contribution in [-0.2, 0) is 11.2 Å². The van der Waals surface area contributed by atoms with Gasteiger partial charge in [0.15, 0.2) is 0 Å². The minimum atomic E-state index is 0.200. The van der Waals surface area contributed by atoms with Gasteiger partial charge in [-0.1, -0.05) is 18.6 Å². The van der Waals surface area contributed by atoms with Crippen molar-refractivity contribution < 1.29 is 9.53 Å². The van der Waals surface area contributed by atoms with Crippen LogP contribution in [0.1, 0.15) is 44.6 Å². The molecule has 0 aromatic heterocycles. The zero-order chi connectivity index (χ0) is 12.1. The van der Waals surface area contributed by atoms with E-state index in [1.54, 1.807) is 6.92 Å². The van der Waals surface area contributed by atoms with E-state index in [0.29, 0.717) is 12.5 Å². The lowest BCUT2D eigenvalue weighted by Crippen LogP contribution is -2.19. The molecular weight excluding hydrogens is 212 g/mol. The molecule has 2 rings (SSSR count). The first kappa shape index (κ1) is 12.2. The van der Waals surface area contributed by atoms with Gasteiger partial charge in [0.1, 0.15) is 11.5 Å². The SMILES string of the molecule is CC(=O)Cc1ccc(OC2CCCCC2)cc1. The van der Waals surface area contributed by atoms with E-state index in [1.807, 2.05) is 24.3 Å². The van der Waals surface area contributed by atoms with Crippen LogP contribution < -0.4 is 4.74 Å². The minimum absolute atomic E-state index is 0.200.